The number of phenolic OH excluding ortho intramolecular Hbond substituents is 1. The molecule has 8 heteroatoms. The van der Waals surface area contributed by atoms with E-state index in [4.69, 9.17) is 11.6 Å². The lowest BCUT2D eigenvalue weighted by Crippen LogP contribution is -2.19. The molecule has 0 saturated carbocycles. The Morgan fingerprint density at radius 3 is 2.74 bits per heavy atom. The molecule has 2 N–H and O–H groups in total. The lowest BCUT2D eigenvalue weighted by atomic mass is 10.2. The predicted octanol–water partition coefficient (Wildman–Crippen LogP) is 2.69. The van der Waals surface area contributed by atoms with Gasteiger partial charge in [0.05, 0.1) is 12.0 Å². The van der Waals surface area contributed by atoms with Gasteiger partial charge in [0, 0.05) is 22.0 Å². The molecule has 0 atom stereocenters. The molecular formula is C15H15ClN4O2S. The molecule has 0 radical (unpaired) electrons. The van der Waals surface area contributed by atoms with Crippen LogP contribution in [0.3, 0.4) is 0 Å². The summed E-state index contributed by atoms with van der Waals surface area (Å²) in [7, 11) is 0. The van der Waals surface area contributed by atoms with E-state index in [1.807, 2.05) is 19.9 Å². The monoisotopic (exact) mass is 350 g/mol. The van der Waals surface area contributed by atoms with Gasteiger partial charge in [-0.05, 0) is 38.1 Å². The standard InChI is InChI=1S/C15H15ClN4O2S/c1-9-5-10(2)19-15(18-9)23-8-14(22)20-17-7-11-6-12(16)3-4-13(11)21/h3-7,21H,8H2,1-2H3,(H,20,22)/b17-7-. The molecule has 0 unspecified atom stereocenters. The van der Waals surface area contributed by atoms with Crippen molar-refractivity contribution in [1.29, 1.82) is 0 Å². The topological polar surface area (TPSA) is 87.5 Å². The van der Waals surface area contributed by atoms with Crippen LogP contribution in [0.1, 0.15) is 17.0 Å². The number of halogens is 1. The van der Waals surface area contributed by atoms with E-state index in [9.17, 15) is 9.90 Å². The van der Waals surface area contributed by atoms with E-state index in [2.05, 4.69) is 20.5 Å². The van der Waals surface area contributed by atoms with E-state index in [1.54, 1.807) is 12.1 Å². The first-order valence-electron chi connectivity index (χ1n) is 6.69. The highest BCUT2D eigenvalue weighted by atomic mass is 35.5. The SMILES string of the molecule is Cc1cc(C)nc(SCC(=O)N/N=C\c2cc(Cl)ccc2O)n1. The third kappa shape index (κ3) is 5.54. The lowest BCUT2D eigenvalue weighted by molar-refractivity contribution is -0.118. The Labute approximate surface area is 143 Å². The van der Waals surface area contributed by atoms with Gasteiger partial charge in [0.15, 0.2) is 5.16 Å². The number of amides is 1. The van der Waals surface area contributed by atoms with Crippen LogP contribution in [0, 0.1) is 13.8 Å². The fourth-order valence-corrected chi connectivity index (χ4v) is 2.65. The van der Waals surface area contributed by atoms with Gasteiger partial charge >= 0.3 is 0 Å². The number of rotatable bonds is 5. The Balaban J connectivity index is 1.87. The van der Waals surface area contributed by atoms with Crippen molar-refractivity contribution in [3.05, 3.63) is 46.2 Å². The molecule has 0 aliphatic heterocycles. The number of hydrogen-bond acceptors (Lipinski definition) is 6. The van der Waals surface area contributed by atoms with Crippen molar-refractivity contribution in [2.24, 2.45) is 5.10 Å². The van der Waals surface area contributed by atoms with Crippen molar-refractivity contribution in [3.8, 4) is 5.75 Å². The Morgan fingerprint density at radius 1 is 1.35 bits per heavy atom. The summed E-state index contributed by atoms with van der Waals surface area (Å²) >= 11 is 7.05. The van der Waals surface area contributed by atoms with Gasteiger partial charge in [-0.2, -0.15) is 5.10 Å². The first-order valence-corrected chi connectivity index (χ1v) is 8.06. The molecule has 0 aliphatic rings. The van der Waals surface area contributed by atoms with Crippen molar-refractivity contribution < 1.29 is 9.90 Å². The summed E-state index contributed by atoms with van der Waals surface area (Å²) in [5.74, 6) is -0.122. The maximum absolute atomic E-state index is 11.7. The van der Waals surface area contributed by atoms with Gasteiger partial charge in [0.1, 0.15) is 5.75 Å². The minimum Gasteiger partial charge on any atom is -0.507 e. The van der Waals surface area contributed by atoms with Gasteiger partial charge in [-0.1, -0.05) is 23.4 Å². The summed E-state index contributed by atoms with van der Waals surface area (Å²) < 4.78 is 0. The van der Waals surface area contributed by atoms with Crippen LogP contribution in [0.2, 0.25) is 5.02 Å². The number of phenols is 1. The molecular weight excluding hydrogens is 336 g/mol. The van der Waals surface area contributed by atoms with Crippen LogP contribution < -0.4 is 5.43 Å². The molecule has 0 fully saturated rings. The van der Waals surface area contributed by atoms with E-state index in [0.29, 0.717) is 15.7 Å². The minimum atomic E-state index is -0.296. The molecule has 23 heavy (non-hydrogen) atoms. The molecule has 6 nitrogen and oxygen atoms in total. The molecule has 1 amide bonds. The van der Waals surface area contributed by atoms with Crippen molar-refractivity contribution >= 4 is 35.5 Å². The number of aryl methyl sites for hydroxylation is 2. The smallest absolute Gasteiger partial charge is 0.250 e. The zero-order valence-corrected chi connectivity index (χ0v) is 14.1. The molecule has 0 bridgehead atoms. The Morgan fingerprint density at radius 2 is 2.04 bits per heavy atom. The van der Waals surface area contributed by atoms with Crippen molar-refractivity contribution in [1.82, 2.24) is 15.4 Å². The van der Waals surface area contributed by atoms with Crippen LogP contribution in [0.4, 0.5) is 0 Å². The summed E-state index contributed by atoms with van der Waals surface area (Å²) in [5.41, 5.74) is 4.51. The molecule has 1 heterocycles. The maximum Gasteiger partial charge on any atom is 0.250 e. The predicted molar refractivity (Wildman–Crippen MR) is 91.1 cm³/mol. The highest BCUT2D eigenvalue weighted by Crippen LogP contribution is 2.19. The third-order valence-corrected chi connectivity index (χ3v) is 3.76. The van der Waals surface area contributed by atoms with Crippen LogP contribution in [-0.4, -0.2) is 32.9 Å². The molecule has 2 aromatic rings. The van der Waals surface area contributed by atoms with Crippen LogP contribution in [0.25, 0.3) is 0 Å². The molecule has 0 spiro atoms. The van der Waals surface area contributed by atoms with Crippen molar-refractivity contribution in [2.45, 2.75) is 19.0 Å². The first-order chi connectivity index (χ1) is 10.9. The van der Waals surface area contributed by atoms with Crippen molar-refractivity contribution in [2.75, 3.05) is 5.75 Å². The second kappa shape index (κ2) is 7.94. The highest BCUT2D eigenvalue weighted by Gasteiger charge is 2.05. The van der Waals surface area contributed by atoms with Gasteiger partial charge in [0.2, 0.25) is 0 Å². The van der Waals surface area contributed by atoms with Gasteiger partial charge in [-0.3, -0.25) is 4.79 Å². The number of aromatic nitrogens is 2. The molecule has 120 valence electrons. The normalized spacial score (nSPS) is 10.9. The lowest BCUT2D eigenvalue weighted by Gasteiger charge is -2.02. The number of benzene rings is 1. The molecule has 2 rings (SSSR count). The van der Waals surface area contributed by atoms with Crippen LogP contribution >= 0.6 is 23.4 Å². The van der Waals surface area contributed by atoms with Crippen molar-refractivity contribution in [3.63, 3.8) is 0 Å². The fraction of sp³-hybridized carbons (Fsp3) is 0.200. The maximum atomic E-state index is 11.7. The van der Waals surface area contributed by atoms with Gasteiger partial charge in [-0.25, -0.2) is 15.4 Å². The number of carbonyl (C=O) groups is 1. The quantitative estimate of drug-likeness (QED) is 0.374. The summed E-state index contributed by atoms with van der Waals surface area (Å²) in [6, 6.07) is 6.43. The number of aromatic hydroxyl groups is 1. The molecule has 0 saturated heterocycles. The van der Waals surface area contributed by atoms with Gasteiger partial charge < -0.3 is 5.11 Å². The summed E-state index contributed by atoms with van der Waals surface area (Å²) in [6.07, 6.45) is 1.33. The number of thioether (sulfide) groups is 1. The number of nitrogens with zero attached hydrogens (tertiary/aromatic N) is 3. The number of carbonyl (C=O) groups excluding carboxylic acids is 1. The average Bonchev–Trinajstić information content (AvgIpc) is 2.48. The van der Waals surface area contributed by atoms with Crippen LogP contribution in [0.5, 0.6) is 5.75 Å². The number of hydrogen-bond donors (Lipinski definition) is 2. The zero-order chi connectivity index (χ0) is 16.8. The Bertz CT molecular complexity index is 732. The van der Waals surface area contributed by atoms with E-state index >= 15 is 0 Å². The van der Waals surface area contributed by atoms with E-state index in [0.717, 1.165) is 11.4 Å². The van der Waals surface area contributed by atoms with E-state index < -0.39 is 0 Å². The first kappa shape index (κ1) is 17.2. The Kier molecular flexibility index (Phi) is 5.95. The second-order valence-electron chi connectivity index (χ2n) is 4.72. The van der Waals surface area contributed by atoms with E-state index in [1.165, 1.54) is 24.0 Å². The van der Waals surface area contributed by atoms with Crippen LogP contribution in [0.15, 0.2) is 34.5 Å². The minimum absolute atomic E-state index is 0.0328. The number of nitrogens with one attached hydrogen (secondary N) is 1. The second-order valence-corrected chi connectivity index (χ2v) is 6.10. The highest BCUT2D eigenvalue weighted by molar-refractivity contribution is 7.99. The fourth-order valence-electron chi connectivity index (χ4n) is 1.72. The van der Waals surface area contributed by atoms with Gasteiger partial charge in [-0.15, -0.1) is 0 Å². The third-order valence-electron chi connectivity index (χ3n) is 2.68. The van der Waals surface area contributed by atoms with Gasteiger partial charge in [0.25, 0.3) is 5.91 Å². The van der Waals surface area contributed by atoms with Crippen LogP contribution in [-0.2, 0) is 4.79 Å². The molecule has 1 aromatic carbocycles. The summed E-state index contributed by atoms with van der Waals surface area (Å²) in [6.45, 7) is 3.75. The number of hydrazone groups is 1. The molecule has 0 aliphatic carbocycles. The van der Waals surface area contributed by atoms with E-state index in [-0.39, 0.29) is 17.4 Å². The molecule has 1 aromatic heterocycles. The Hall–Kier alpha value is -2.12. The average molecular weight is 351 g/mol. The zero-order valence-electron chi connectivity index (χ0n) is 12.6. The largest absolute Gasteiger partial charge is 0.507 e. The summed E-state index contributed by atoms with van der Waals surface area (Å²) in [4.78, 5) is 20.2. The summed E-state index contributed by atoms with van der Waals surface area (Å²) in [5, 5.41) is 14.4.